The van der Waals surface area contributed by atoms with Crippen LogP contribution < -0.4 is 5.32 Å². The number of benzene rings is 3. The minimum atomic E-state index is -0.184. The fraction of sp³-hybridized carbons (Fsp3) is 0.0417. The predicted octanol–water partition coefficient (Wildman–Crippen LogP) is 5.71. The Morgan fingerprint density at radius 2 is 1.62 bits per heavy atom. The average molecular weight is 504 g/mol. The van der Waals surface area contributed by atoms with E-state index < -0.39 is 0 Å². The zero-order chi connectivity index (χ0) is 22.2. The highest BCUT2D eigenvalue weighted by Crippen LogP contribution is 2.34. The number of amides is 1. The van der Waals surface area contributed by atoms with Crippen molar-refractivity contribution in [3.05, 3.63) is 88.9 Å². The summed E-state index contributed by atoms with van der Waals surface area (Å²) in [7, 11) is 1.86. The van der Waals surface area contributed by atoms with Gasteiger partial charge in [-0.15, -0.1) is 12.6 Å². The quantitative estimate of drug-likeness (QED) is 0.309. The molecule has 0 radical (unpaired) electrons. The Bertz CT molecular complexity index is 1440. The third kappa shape index (κ3) is 3.61. The Kier molecular flexibility index (Phi) is 5.32. The molecule has 6 nitrogen and oxygen atoms in total. The van der Waals surface area contributed by atoms with E-state index in [1.165, 1.54) is 0 Å². The van der Waals surface area contributed by atoms with Crippen molar-refractivity contribution in [2.24, 2.45) is 7.05 Å². The fourth-order valence-electron chi connectivity index (χ4n) is 3.61. The Balaban J connectivity index is 1.61. The Morgan fingerprint density at radius 1 is 0.938 bits per heavy atom. The Labute approximate surface area is 198 Å². The van der Waals surface area contributed by atoms with E-state index >= 15 is 0 Å². The highest BCUT2D eigenvalue weighted by atomic mass is 79.9. The van der Waals surface area contributed by atoms with Gasteiger partial charge in [0.1, 0.15) is 5.69 Å². The van der Waals surface area contributed by atoms with Gasteiger partial charge in [-0.1, -0.05) is 58.4 Å². The molecule has 0 aliphatic rings. The fourth-order valence-corrected chi connectivity index (χ4v) is 4.29. The zero-order valence-corrected chi connectivity index (χ0v) is 19.5. The van der Waals surface area contributed by atoms with Gasteiger partial charge in [0.15, 0.2) is 11.5 Å². The van der Waals surface area contributed by atoms with Gasteiger partial charge >= 0.3 is 0 Å². The van der Waals surface area contributed by atoms with Crippen molar-refractivity contribution in [3.8, 4) is 22.6 Å². The molecule has 0 unspecified atom stereocenters. The van der Waals surface area contributed by atoms with Crippen LogP contribution >= 0.6 is 28.6 Å². The standard InChI is InChI=1S/C24H18BrN5OS/c1-29-24-21(32)20(15-11-13-17(25)14-12-15)27-30(24)22(28-29)18-9-5-6-10-19(18)26-23(31)16-7-3-2-4-8-16/h2-14,32H,1H3,(H,26,31). The van der Waals surface area contributed by atoms with E-state index in [2.05, 4.69) is 26.3 Å². The number of hydrogen-bond donors (Lipinski definition) is 2. The smallest absolute Gasteiger partial charge is 0.255 e. The lowest BCUT2D eigenvalue weighted by Gasteiger charge is -2.09. The average Bonchev–Trinajstić information content (AvgIpc) is 3.32. The van der Waals surface area contributed by atoms with E-state index in [4.69, 9.17) is 17.7 Å². The van der Waals surface area contributed by atoms with Gasteiger partial charge < -0.3 is 5.32 Å². The minimum Gasteiger partial charge on any atom is -0.321 e. The molecule has 0 fully saturated rings. The monoisotopic (exact) mass is 503 g/mol. The summed E-state index contributed by atoms with van der Waals surface area (Å²) in [6.07, 6.45) is 0. The molecule has 0 aliphatic heterocycles. The van der Waals surface area contributed by atoms with Gasteiger partial charge in [0.05, 0.1) is 10.6 Å². The van der Waals surface area contributed by atoms with Crippen LogP contribution in [0, 0.1) is 0 Å². The maximum absolute atomic E-state index is 12.8. The van der Waals surface area contributed by atoms with Crippen LogP contribution in [-0.4, -0.2) is 25.3 Å². The van der Waals surface area contributed by atoms with Gasteiger partial charge in [-0.05, 0) is 36.4 Å². The van der Waals surface area contributed by atoms with Crippen molar-refractivity contribution >= 4 is 45.8 Å². The van der Waals surface area contributed by atoms with Crippen LogP contribution in [0.3, 0.4) is 0 Å². The third-order valence-electron chi connectivity index (χ3n) is 5.16. The van der Waals surface area contributed by atoms with Crippen LogP contribution in [0.25, 0.3) is 28.3 Å². The summed E-state index contributed by atoms with van der Waals surface area (Å²) in [5, 5.41) is 12.5. The maximum atomic E-state index is 12.8. The Hall–Kier alpha value is -3.36. The largest absolute Gasteiger partial charge is 0.321 e. The van der Waals surface area contributed by atoms with Gasteiger partial charge in [-0.2, -0.15) is 14.7 Å². The Morgan fingerprint density at radius 3 is 2.38 bits per heavy atom. The molecule has 158 valence electrons. The molecule has 0 saturated heterocycles. The van der Waals surface area contributed by atoms with Crippen molar-refractivity contribution in [1.82, 2.24) is 19.4 Å². The molecule has 0 saturated carbocycles. The first-order valence-electron chi connectivity index (χ1n) is 9.89. The van der Waals surface area contributed by atoms with E-state index in [1.807, 2.05) is 73.8 Å². The number of fused-ring (bicyclic) bond motifs is 1. The van der Waals surface area contributed by atoms with Crippen molar-refractivity contribution in [1.29, 1.82) is 0 Å². The number of carbonyl (C=O) groups excluding carboxylic acids is 1. The molecule has 5 rings (SSSR count). The number of rotatable bonds is 4. The minimum absolute atomic E-state index is 0.184. The van der Waals surface area contributed by atoms with Gasteiger partial charge in [-0.3, -0.25) is 4.79 Å². The molecular formula is C24H18BrN5OS. The van der Waals surface area contributed by atoms with Crippen LogP contribution in [0.1, 0.15) is 10.4 Å². The molecule has 2 heterocycles. The van der Waals surface area contributed by atoms with Crippen LogP contribution in [0.2, 0.25) is 0 Å². The summed E-state index contributed by atoms with van der Waals surface area (Å²) in [6, 6.07) is 24.6. The highest BCUT2D eigenvalue weighted by molar-refractivity contribution is 9.10. The number of carbonyl (C=O) groups is 1. The summed E-state index contributed by atoms with van der Waals surface area (Å²) in [6.45, 7) is 0. The van der Waals surface area contributed by atoms with E-state index in [-0.39, 0.29) is 5.91 Å². The first kappa shape index (κ1) is 20.5. The second-order valence-electron chi connectivity index (χ2n) is 7.25. The predicted molar refractivity (Wildman–Crippen MR) is 132 cm³/mol. The van der Waals surface area contributed by atoms with Gasteiger partial charge in [0.25, 0.3) is 5.91 Å². The number of hydrogen-bond acceptors (Lipinski definition) is 4. The van der Waals surface area contributed by atoms with E-state index in [0.29, 0.717) is 17.1 Å². The van der Waals surface area contributed by atoms with Crippen molar-refractivity contribution in [2.45, 2.75) is 4.90 Å². The van der Waals surface area contributed by atoms with Crippen LogP contribution in [-0.2, 0) is 7.05 Å². The van der Waals surface area contributed by atoms with Crippen LogP contribution in [0.5, 0.6) is 0 Å². The normalized spacial score (nSPS) is 11.1. The first-order valence-corrected chi connectivity index (χ1v) is 11.1. The number of nitrogens with one attached hydrogen (secondary N) is 1. The summed E-state index contributed by atoms with van der Waals surface area (Å²) in [4.78, 5) is 13.5. The SMILES string of the molecule is Cn1nc(-c2ccccc2NC(=O)c2ccccc2)n2nc(-c3ccc(Br)cc3)c(S)c12. The van der Waals surface area contributed by atoms with Gasteiger partial charge in [0.2, 0.25) is 0 Å². The summed E-state index contributed by atoms with van der Waals surface area (Å²) >= 11 is 8.22. The zero-order valence-electron chi connectivity index (χ0n) is 17.0. The molecule has 0 spiro atoms. The number of aryl methyl sites for hydroxylation is 1. The van der Waals surface area contributed by atoms with Crippen LogP contribution in [0.15, 0.2) is 88.2 Å². The number of thiol groups is 1. The molecule has 0 atom stereocenters. The van der Waals surface area contributed by atoms with E-state index in [0.717, 1.165) is 31.8 Å². The molecule has 1 N–H and O–H groups in total. The molecule has 2 aromatic heterocycles. The lowest BCUT2D eigenvalue weighted by Crippen LogP contribution is -2.12. The summed E-state index contributed by atoms with van der Waals surface area (Å²) in [5.41, 5.74) is 4.50. The number of anilines is 1. The highest BCUT2D eigenvalue weighted by Gasteiger charge is 2.22. The van der Waals surface area contributed by atoms with Crippen LogP contribution in [0.4, 0.5) is 5.69 Å². The molecule has 1 amide bonds. The van der Waals surface area contributed by atoms with Crippen molar-refractivity contribution < 1.29 is 4.79 Å². The molecule has 32 heavy (non-hydrogen) atoms. The molecule has 0 bridgehead atoms. The number of halogens is 1. The lowest BCUT2D eigenvalue weighted by atomic mass is 10.1. The molecule has 8 heteroatoms. The summed E-state index contributed by atoms with van der Waals surface area (Å²) < 4.78 is 4.52. The van der Waals surface area contributed by atoms with E-state index in [1.54, 1.807) is 21.3 Å². The number of aromatic nitrogens is 4. The molecular weight excluding hydrogens is 486 g/mol. The second-order valence-corrected chi connectivity index (χ2v) is 8.62. The number of para-hydroxylation sites is 1. The molecule has 3 aromatic carbocycles. The van der Waals surface area contributed by atoms with Crippen molar-refractivity contribution in [2.75, 3.05) is 5.32 Å². The maximum Gasteiger partial charge on any atom is 0.255 e. The summed E-state index contributed by atoms with van der Waals surface area (Å²) in [5.74, 6) is 0.432. The van der Waals surface area contributed by atoms with Gasteiger partial charge in [0, 0.05) is 28.2 Å². The third-order valence-corrected chi connectivity index (χ3v) is 6.10. The second kappa shape index (κ2) is 8.29. The van der Waals surface area contributed by atoms with Crippen molar-refractivity contribution in [3.63, 3.8) is 0 Å². The van der Waals surface area contributed by atoms with E-state index in [9.17, 15) is 4.79 Å². The topological polar surface area (TPSA) is 64.2 Å². The molecule has 5 aromatic rings. The lowest BCUT2D eigenvalue weighted by molar-refractivity contribution is 0.102. The first-order chi connectivity index (χ1) is 15.5. The number of nitrogens with zero attached hydrogens (tertiary/aromatic N) is 4. The van der Waals surface area contributed by atoms with Gasteiger partial charge in [-0.25, -0.2) is 4.68 Å². The molecule has 0 aliphatic carbocycles.